The van der Waals surface area contributed by atoms with E-state index >= 15 is 0 Å². The zero-order valence-corrected chi connectivity index (χ0v) is 9.61. The number of carbonyl (C=O) groups excluding carboxylic acids is 1. The number of rotatable bonds is 4. The van der Waals surface area contributed by atoms with Gasteiger partial charge < -0.3 is 4.74 Å². The van der Waals surface area contributed by atoms with Crippen molar-refractivity contribution < 1.29 is 13.9 Å². The third-order valence-electron chi connectivity index (χ3n) is 2.16. The van der Waals surface area contributed by atoms with E-state index in [0.29, 0.717) is 5.56 Å². The quantitative estimate of drug-likeness (QED) is 0.852. The normalized spacial score (nSPS) is 10.1. The van der Waals surface area contributed by atoms with Crippen LogP contribution in [0.3, 0.4) is 0 Å². The Labute approximate surface area is 102 Å². The molecule has 94 valence electrons. The van der Waals surface area contributed by atoms with Crippen LogP contribution in [-0.2, 0) is 11.2 Å². The van der Waals surface area contributed by atoms with E-state index in [4.69, 9.17) is 4.74 Å². The van der Waals surface area contributed by atoms with Crippen LogP contribution in [0.25, 0.3) is 0 Å². The summed E-state index contributed by atoms with van der Waals surface area (Å²) in [6.07, 6.45) is 0.0563. The molecule has 1 aromatic carbocycles. The summed E-state index contributed by atoms with van der Waals surface area (Å²) >= 11 is 0. The Morgan fingerprint density at radius 1 is 1.56 bits per heavy atom. The van der Waals surface area contributed by atoms with E-state index in [0.717, 1.165) is 0 Å². The Morgan fingerprint density at radius 3 is 3.06 bits per heavy atom. The fraction of sp³-hybridized carbons (Fsp3) is 0.182. The number of hydrogen-bond acceptors (Lipinski definition) is 4. The molecule has 18 heavy (non-hydrogen) atoms. The number of nitrogens with zero attached hydrogens (tertiary/aromatic N) is 2. The van der Waals surface area contributed by atoms with Crippen LogP contribution in [0, 0.1) is 5.82 Å². The lowest BCUT2D eigenvalue weighted by molar-refractivity contribution is -0.115. The molecule has 6 nitrogen and oxygen atoms in total. The van der Waals surface area contributed by atoms with Gasteiger partial charge in [0.25, 0.3) is 0 Å². The smallest absolute Gasteiger partial charge is 0.336 e. The molecule has 0 atom stereocenters. The first-order chi connectivity index (χ1) is 8.67. The minimum atomic E-state index is -0.373. The fourth-order valence-electron chi connectivity index (χ4n) is 1.40. The average Bonchev–Trinajstić information content (AvgIpc) is 2.76. The lowest BCUT2D eigenvalue weighted by Gasteiger charge is -2.01. The third kappa shape index (κ3) is 3.03. The number of hydrogen-bond donors (Lipinski definition) is 2. The number of ether oxygens (including phenoxy) is 1. The van der Waals surface area contributed by atoms with E-state index in [1.54, 1.807) is 12.1 Å². The predicted molar refractivity (Wildman–Crippen MR) is 61.7 cm³/mol. The number of benzene rings is 1. The molecule has 0 fully saturated rings. The van der Waals surface area contributed by atoms with Gasteiger partial charge in [0.1, 0.15) is 5.82 Å². The summed E-state index contributed by atoms with van der Waals surface area (Å²) in [4.78, 5) is 15.5. The number of amides is 1. The van der Waals surface area contributed by atoms with Crippen LogP contribution in [0.1, 0.15) is 5.56 Å². The molecule has 1 heterocycles. The molecule has 0 unspecified atom stereocenters. The molecule has 2 N–H and O–H groups in total. The number of methoxy groups -OCH3 is 1. The first kappa shape index (κ1) is 12.0. The highest BCUT2D eigenvalue weighted by molar-refractivity contribution is 5.90. The van der Waals surface area contributed by atoms with Crippen LogP contribution >= 0.6 is 0 Å². The largest absolute Gasteiger partial charge is 0.466 e. The summed E-state index contributed by atoms with van der Waals surface area (Å²) in [5.74, 6) is -0.505. The molecule has 0 bridgehead atoms. The van der Waals surface area contributed by atoms with Gasteiger partial charge in [0.2, 0.25) is 11.9 Å². The van der Waals surface area contributed by atoms with E-state index in [2.05, 4.69) is 20.5 Å². The van der Waals surface area contributed by atoms with Crippen molar-refractivity contribution >= 4 is 11.9 Å². The lowest BCUT2D eigenvalue weighted by atomic mass is 10.1. The predicted octanol–water partition coefficient (Wildman–Crippen LogP) is 1.13. The van der Waals surface area contributed by atoms with Crippen molar-refractivity contribution in [3.63, 3.8) is 0 Å². The second kappa shape index (κ2) is 5.26. The van der Waals surface area contributed by atoms with Gasteiger partial charge in [-0.3, -0.25) is 10.1 Å². The third-order valence-corrected chi connectivity index (χ3v) is 2.16. The number of carbonyl (C=O) groups is 1. The van der Waals surface area contributed by atoms with Gasteiger partial charge in [-0.25, -0.2) is 9.49 Å². The molecule has 0 spiro atoms. The Kier molecular flexibility index (Phi) is 3.52. The minimum Gasteiger partial charge on any atom is -0.466 e. The number of aromatic nitrogens is 3. The minimum absolute atomic E-state index is 0.0563. The number of H-pyrrole nitrogens is 1. The molecule has 0 radical (unpaired) electrons. The highest BCUT2D eigenvalue weighted by Crippen LogP contribution is 2.07. The van der Waals surface area contributed by atoms with E-state index in [1.165, 1.54) is 19.2 Å². The van der Waals surface area contributed by atoms with E-state index in [9.17, 15) is 9.18 Å². The zero-order chi connectivity index (χ0) is 13.0. The molecule has 0 saturated carbocycles. The molecular weight excluding hydrogens is 239 g/mol. The Hall–Kier alpha value is -2.44. The summed E-state index contributed by atoms with van der Waals surface area (Å²) in [6.45, 7) is 0. The first-order valence-corrected chi connectivity index (χ1v) is 5.18. The van der Waals surface area contributed by atoms with E-state index in [1.807, 2.05) is 0 Å². The van der Waals surface area contributed by atoms with Gasteiger partial charge >= 0.3 is 6.01 Å². The van der Waals surface area contributed by atoms with Crippen LogP contribution < -0.4 is 10.1 Å². The van der Waals surface area contributed by atoms with Gasteiger partial charge in [-0.05, 0) is 17.7 Å². The standard InChI is InChI=1S/C11H11FN4O2/c1-18-11-14-10(15-16-11)13-9(17)6-7-3-2-4-8(12)5-7/h2-5H,6H2,1H3,(H2,13,14,15,16,17). The Bertz CT molecular complexity index is 555. The van der Waals surface area contributed by atoms with Gasteiger partial charge in [0, 0.05) is 0 Å². The molecule has 0 saturated heterocycles. The Balaban J connectivity index is 1.96. The molecule has 0 aliphatic carbocycles. The summed E-state index contributed by atoms with van der Waals surface area (Å²) in [7, 11) is 1.42. The summed E-state index contributed by atoms with van der Waals surface area (Å²) in [5.41, 5.74) is 0.582. The molecule has 0 aliphatic rings. The van der Waals surface area contributed by atoms with Gasteiger partial charge in [0.15, 0.2) is 0 Å². The van der Waals surface area contributed by atoms with Crippen molar-refractivity contribution in [3.05, 3.63) is 35.6 Å². The van der Waals surface area contributed by atoms with Crippen LogP contribution in [0.4, 0.5) is 10.3 Å². The second-order valence-corrected chi connectivity index (χ2v) is 3.53. The maximum Gasteiger partial charge on any atom is 0.336 e. The van der Waals surface area contributed by atoms with Gasteiger partial charge in [0.05, 0.1) is 13.5 Å². The number of aromatic amines is 1. The van der Waals surface area contributed by atoms with Gasteiger partial charge in [-0.15, -0.1) is 5.10 Å². The van der Waals surface area contributed by atoms with Gasteiger partial charge in [-0.2, -0.15) is 4.98 Å². The highest BCUT2D eigenvalue weighted by Gasteiger charge is 2.08. The molecule has 7 heteroatoms. The van der Waals surface area contributed by atoms with Crippen molar-refractivity contribution in [3.8, 4) is 6.01 Å². The molecule has 1 amide bonds. The van der Waals surface area contributed by atoms with E-state index in [-0.39, 0.29) is 30.1 Å². The Morgan fingerprint density at radius 2 is 2.39 bits per heavy atom. The maximum absolute atomic E-state index is 12.9. The van der Waals surface area contributed by atoms with Crippen molar-refractivity contribution in [2.45, 2.75) is 6.42 Å². The first-order valence-electron chi connectivity index (χ1n) is 5.18. The summed E-state index contributed by atoms with van der Waals surface area (Å²) < 4.78 is 17.7. The second-order valence-electron chi connectivity index (χ2n) is 3.53. The highest BCUT2D eigenvalue weighted by atomic mass is 19.1. The molecule has 0 aliphatic heterocycles. The average molecular weight is 250 g/mol. The monoisotopic (exact) mass is 250 g/mol. The molecule has 2 rings (SSSR count). The van der Waals surface area contributed by atoms with Crippen LogP contribution in [0.5, 0.6) is 6.01 Å². The van der Waals surface area contributed by atoms with Crippen molar-refractivity contribution in [1.29, 1.82) is 0 Å². The number of nitrogens with one attached hydrogen (secondary N) is 2. The van der Waals surface area contributed by atoms with Crippen LogP contribution in [0.15, 0.2) is 24.3 Å². The molecular formula is C11H11FN4O2. The summed E-state index contributed by atoms with van der Waals surface area (Å²) in [6, 6.07) is 5.98. The number of halogens is 1. The van der Waals surface area contributed by atoms with Crippen molar-refractivity contribution in [2.75, 3.05) is 12.4 Å². The van der Waals surface area contributed by atoms with Gasteiger partial charge in [-0.1, -0.05) is 12.1 Å². The molecule has 2 aromatic rings. The van der Waals surface area contributed by atoms with Crippen molar-refractivity contribution in [1.82, 2.24) is 15.2 Å². The fourth-order valence-corrected chi connectivity index (χ4v) is 1.40. The number of anilines is 1. The van der Waals surface area contributed by atoms with Crippen LogP contribution in [-0.4, -0.2) is 28.2 Å². The summed E-state index contributed by atoms with van der Waals surface area (Å²) in [5, 5.41) is 8.66. The van der Waals surface area contributed by atoms with Crippen molar-refractivity contribution in [2.24, 2.45) is 0 Å². The SMILES string of the molecule is COc1n[nH]c(NC(=O)Cc2cccc(F)c2)n1. The maximum atomic E-state index is 12.9. The lowest BCUT2D eigenvalue weighted by Crippen LogP contribution is -2.15. The van der Waals surface area contributed by atoms with Crippen LogP contribution in [0.2, 0.25) is 0 Å². The topological polar surface area (TPSA) is 79.9 Å². The van der Waals surface area contributed by atoms with E-state index < -0.39 is 0 Å². The zero-order valence-electron chi connectivity index (χ0n) is 9.61. The molecule has 1 aromatic heterocycles.